The van der Waals surface area contributed by atoms with Gasteiger partial charge in [0.05, 0.1) is 11.0 Å². The number of rotatable bonds is 2. The van der Waals surface area contributed by atoms with Crippen molar-refractivity contribution < 1.29 is 0 Å². The van der Waals surface area contributed by atoms with E-state index in [0.717, 1.165) is 54.1 Å². The first kappa shape index (κ1) is 13.7. The van der Waals surface area contributed by atoms with E-state index >= 15 is 0 Å². The number of anilines is 2. The van der Waals surface area contributed by atoms with Gasteiger partial charge in [-0.2, -0.15) is 4.37 Å². The summed E-state index contributed by atoms with van der Waals surface area (Å²) < 4.78 is 6.81. The van der Waals surface area contributed by atoms with Gasteiger partial charge in [0.1, 0.15) is 0 Å². The summed E-state index contributed by atoms with van der Waals surface area (Å²) in [5, 5.41) is 0. The highest BCUT2D eigenvalue weighted by molar-refractivity contribution is 7.11. The molecular weight excluding hydrogens is 322 g/mol. The Morgan fingerprint density at radius 3 is 2.46 bits per heavy atom. The SMILES string of the molecule is c1cnc(N2CCN(c3nsc4nc5ccccc5n34)CC2)nc1. The molecule has 0 atom stereocenters. The van der Waals surface area contributed by atoms with Gasteiger partial charge < -0.3 is 9.80 Å². The maximum atomic E-state index is 4.66. The van der Waals surface area contributed by atoms with E-state index in [1.54, 1.807) is 12.4 Å². The van der Waals surface area contributed by atoms with Crippen LogP contribution in [0.1, 0.15) is 0 Å². The van der Waals surface area contributed by atoms with Crippen LogP contribution in [0.4, 0.5) is 11.9 Å². The third-order valence-electron chi connectivity index (χ3n) is 4.34. The number of nitrogens with zero attached hydrogens (tertiary/aromatic N) is 7. The van der Waals surface area contributed by atoms with Crippen LogP contribution >= 0.6 is 11.5 Å². The molecule has 1 aliphatic rings. The Morgan fingerprint density at radius 1 is 0.875 bits per heavy atom. The molecule has 7 nitrogen and oxygen atoms in total. The van der Waals surface area contributed by atoms with E-state index in [2.05, 4.69) is 39.6 Å². The zero-order chi connectivity index (χ0) is 15.9. The van der Waals surface area contributed by atoms with Gasteiger partial charge in [0, 0.05) is 50.1 Å². The molecule has 1 fully saturated rings. The number of benzene rings is 1. The van der Waals surface area contributed by atoms with Crippen LogP contribution in [-0.2, 0) is 0 Å². The topological polar surface area (TPSA) is 62.5 Å². The molecule has 24 heavy (non-hydrogen) atoms. The molecule has 0 aliphatic carbocycles. The molecule has 1 aromatic carbocycles. The van der Waals surface area contributed by atoms with Crippen LogP contribution in [0.5, 0.6) is 0 Å². The molecule has 1 aliphatic heterocycles. The summed E-state index contributed by atoms with van der Waals surface area (Å²) in [5.41, 5.74) is 2.13. The second-order valence-corrected chi connectivity index (χ2v) is 6.45. The van der Waals surface area contributed by atoms with Crippen LogP contribution < -0.4 is 9.80 Å². The molecule has 4 aromatic rings. The number of para-hydroxylation sites is 2. The first-order valence-electron chi connectivity index (χ1n) is 7.90. The van der Waals surface area contributed by atoms with Gasteiger partial charge in [-0.3, -0.25) is 4.40 Å². The van der Waals surface area contributed by atoms with Gasteiger partial charge in [-0.15, -0.1) is 0 Å². The number of aromatic nitrogens is 5. The number of hydrogen-bond acceptors (Lipinski definition) is 7. The van der Waals surface area contributed by atoms with E-state index in [1.807, 2.05) is 24.3 Å². The Balaban J connectivity index is 1.45. The predicted octanol–water partition coefficient (Wildman–Crippen LogP) is 2.06. The molecule has 0 unspecified atom stereocenters. The summed E-state index contributed by atoms with van der Waals surface area (Å²) in [6.45, 7) is 3.55. The zero-order valence-corrected chi connectivity index (χ0v) is 13.7. The zero-order valence-electron chi connectivity index (χ0n) is 12.9. The van der Waals surface area contributed by atoms with Crippen molar-refractivity contribution in [3.05, 3.63) is 42.7 Å². The molecule has 4 heterocycles. The summed E-state index contributed by atoms with van der Waals surface area (Å²) in [4.78, 5) is 18.8. The Bertz CT molecular complexity index is 985. The Morgan fingerprint density at radius 2 is 1.62 bits per heavy atom. The molecule has 0 saturated carbocycles. The largest absolute Gasteiger partial charge is 0.338 e. The molecule has 0 N–H and O–H groups in total. The lowest BCUT2D eigenvalue weighted by Crippen LogP contribution is -2.47. The lowest BCUT2D eigenvalue weighted by Gasteiger charge is -2.34. The highest BCUT2D eigenvalue weighted by Gasteiger charge is 2.23. The molecule has 5 rings (SSSR count). The van der Waals surface area contributed by atoms with Gasteiger partial charge in [-0.25, -0.2) is 15.0 Å². The Hall–Kier alpha value is -2.74. The van der Waals surface area contributed by atoms with Crippen LogP contribution in [-0.4, -0.2) is 49.9 Å². The van der Waals surface area contributed by atoms with Crippen LogP contribution in [0.15, 0.2) is 42.7 Å². The first-order valence-corrected chi connectivity index (χ1v) is 8.67. The van der Waals surface area contributed by atoms with E-state index in [4.69, 9.17) is 0 Å². The van der Waals surface area contributed by atoms with E-state index in [-0.39, 0.29) is 0 Å². The second-order valence-electron chi connectivity index (χ2n) is 5.72. The predicted molar refractivity (Wildman–Crippen MR) is 94.8 cm³/mol. The van der Waals surface area contributed by atoms with Gasteiger partial charge in [0.25, 0.3) is 0 Å². The maximum absolute atomic E-state index is 4.66. The summed E-state index contributed by atoms with van der Waals surface area (Å²) in [6.07, 6.45) is 3.58. The fourth-order valence-corrected chi connectivity index (χ4v) is 3.90. The summed E-state index contributed by atoms with van der Waals surface area (Å²) in [7, 11) is 0. The van der Waals surface area contributed by atoms with Gasteiger partial charge >= 0.3 is 0 Å². The minimum atomic E-state index is 0.800. The fourth-order valence-electron chi connectivity index (χ4n) is 3.14. The number of fused-ring (bicyclic) bond motifs is 3. The van der Waals surface area contributed by atoms with Crippen molar-refractivity contribution in [1.82, 2.24) is 23.7 Å². The van der Waals surface area contributed by atoms with Crippen molar-refractivity contribution in [2.75, 3.05) is 36.0 Å². The molecule has 0 radical (unpaired) electrons. The standard InChI is InChI=1S/C16H15N7S/c1-2-5-13-12(4-1)19-16-23(13)15(20-24-16)22-10-8-21(9-11-22)14-17-6-3-7-18-14/h1-7H,8-11H2. The minimum Gasteiger partial charge on any atom is -0.338 e. The van der Waals surface area contributed by atoms with Gasteiger partial charge in [0.2, 0.25) is 16.9 Å². The first-order chi connectivity index (χ1) is 11.9. The molecule has 1 saturated heterocycles. The lowest BCUT2D eigenvalue weighted by atomic mass is 10.3. The molecular formula is C16H15N7S. The van der Waals surface area contributed by atoms with Crippen molar-refractivity contribution in [2.24, 2.45) is 0 Å². The Labute approximate surface area is 142 Å². The van der Waals surface area contributed by atoms with E-state index in [0.29, 0.717) is 0 Å². The number of piperazine rings is 1. The molecule has 3 aromatic heterocycles. The van der Waals surface area contributed by atoms with E-state index in [9.17, 15) is 0 Å². The second kappa shape index (κ2) is 5.41. The molecule has 0 amide bonds. The fraction of sp³-hybridized carbons (Fsp3) is 0.250. The van der Waals surface area contributed by atoms with Crippen molar-refractivity contribution in [3.63, 3.8) is 0 Å². The quantitative estimate of drug-likeness (QED) is 0.558. The summed E-state index contributed by atoms with van der Waals surface area (Å²) >= 11 is 1.45. The van der Waals surface area contributed by atoms with Crippen LogP contribution in [0, 0.1) is 0 Å². The van der Waals surface area contributed by atoms with Crippen molar-refractivity contribution in [3.8, 4) is 0 Å². The van der Waals surface area contributed by atoms with E-state index in [1.165, 1.54) is 11.5 Å². The normalized spacial score (nSPS) is 15.5. The molecule has 8 heteroatoms. The third kappa shape index (κ3) is 2.10. The minimum absolute atomic E-state index is 0.800. The smallest absolute Gasteiger partial charge is 0.225 e. The third-order valence-corrected chi connectivity index (χ3v) is 5.03. The van der Waals surface area contributed by atoms with Crippen molar-refractivity contribution >= 4 is 39.4 Å². The van der Waals surface area contributed by atoms with Gasteiger partial charge in [-0.05, 0) is 18.2 Å². The summed E-state index contributed by atoms with van der Waals surface area (Å²) in [6, 6.07) is 10.1. The Kier molecular flexibility index (Phi) is 3.08. The monoisotopic (exact) mass is 337 g/mol. The molecule has 120 valence electrons. The highest BCUT2D eigenvalue weighted by Crippen LogP contribution is 2.26. The van der Waals surface area contributed by atoms with Crippen LogP contribution in [0.2, 0.25) is 0 Å². The van der Waals surface area contributed by atoms with Crippen LogP contribution in [0.3, 0.4) is 0 Å². The van der Waals surface area contributed by atoms with Gasteiger partial charge in [-0.1, -0.05) is 12.1 Å². The lowest BCUT2D eigenvalue weighted by molar-refractivity contribution is 0.629. The average molecular weight is 337 g/mol. The van der Waals surface area contributed by atoms with Crippen molar-refractivity contribution in [1.29, 1.82) is 0 Å². The van der Waals surface area contributed by atoms with Crippen molar-refractivity contribution in [2.45, 2.75) is 0 Å². The summed E-state index contributed by atoms with van der Waals surface area (Å²) in [5.74, 6) is 1.78. The number of imidazole rings is 1. The average Bonchev–Trinajstić information content (AvgIpc) is 3.22. The maximum Gasteiger partial charge on any atom is 0.225 e. The number of hydrogen-bond donors (Lipinski definition) is 0. The molecule has 0 bridgehead atoms. The van der Waals surface area contributed by atoms with Crippen LogP contribution in [0.25, 0.3) is 16.0 Å². The van der Waals surface area contributed by atoms with Gasteiger partial charge in [0.15, 0.2) is 0 Å². The van der Waals surface area contributed by atoms with E-state index < -0.39 is 0 Å². The molecule has 0 spiro atoms. The highest BCUT2D eigenvalue weighted by atomic mass is 32.1.